The molecule has 1 aromatic carbocycles. The van der Waals surface area contributed by atoms with Crippen molar-refractivity contribution in [1.82, 2.24) is 0 Å². The Bertz CT molecular complexity index is 578. The van der Waals surface area contributed by atoms with Gasteiger partial charge in [0, 0.05) is 18.4 Å². The van der Waals surface area contributed by atoms with Gasteiger partial charge in [-0.05, 0) is 31.0 Å². The molecule has 0 heterocycles. The van der Waals surface area contributed by atoms with E-state index in [9.17, 15) is 14.4 Å². The van der Waals surface area contributed by atoms with Gasteiger partial charge in [-0.3, -0.25) is 14.4 Å². The summed E-state index contributed by atoms with van der Waals surface area (Å²) in [5.41, 5.74) is 0.602. The summed E-state index contributed by atoms with van der Waals surface area (Å²) in [4.78, 5) is 35.3. The van der Waals surface area contributed by atoms with Gasteiger partial charge in [0.25, 0.3) is 0 Å². The molecule has 143 valence electrons. The van der Waals surface area contributed by atoms with Crippen LogP contribution in [0.15, 0.2) is 18.2 Å². The minimum Gasteiger partial charge on any atom is -0.426 e. The highest BCUT2D eigenvalue weighted by Gasteiger charge is 2.13. The van der Waals surface area contributed by atoms with Crippen LogP contribution in [0.3, 0.4) is 0 Å². The fourth-order valence-corrected chi connectivity index (χ4v) is 2.78. The van der Waals surface area contributed by atoms with Gasteiger partial charge in [-0.25, -0.2) is 0 Å². The third-order valence-corrected chi connectivity index (χ3v) is 4.38. The first-order valence-corrected chi connectivity index (χ1v) is 9.88. The molecule has 0 bridgehead atoms. The number of hydrogen-bond donors (Lipinski definition) is 0. The van der Waals surface area contributed by atoms with Crippen molar-refractivity contribution in [2.24, 2.45) is 0 Å². The third kappa shape index (κ3) is 8.41. The van der Waals surface area contributed by atoms with Gasteiger partial charge in [0.2, 0.25) is 6.29 Å². The maximum atomic E-state index is 12.2. The molecule has 1 aromatic rings. The van der Waals surface area contributed by atoms with Crippen LogP contribution in [-0.2, 0) is 9.59 Å². The number of rotatable bonds is 14. The van der Waals surface area contributed by atoms with Crippen molar-refractivity contribution >= 4 is 18.0 Å². The van der Waals surface area contributed by atoms with Crippen LogP contribution in [-0.4, -0.2) is 18.0 Å². The Morgan fingerprint density at radius 2 is 1.50 bits per heavy atom. The zero-order valence-corrected chi connectivity index (χ0v) is 16.1. The molecule has 0 saturated heterocycles. The average Bonchev–Trinajstić information content (AvgIpc) is 2.65. The van der Waals surface area contributed by atoms with Crippen LogP contribution in [0.2, 0.25) is 0 Å². The number of carbonyl (C=O) groups excluding carboxylic acids is 3. The fraction of sp³-hybridized carbons (Fsp3) is 0.591. The lowest BCUT2D eigenvalue weighted by atomic mass is 10.0. The molecule has 0 fully saturated rings. The molecule has 26 heavy (non-hydrogen) atoms. The molecule has 0 aromatic heterocycles. The maximum absolute atomic E-state index is 12.2. The highest BCUT2D eigenvalue weighted by molar-refractivity contribution is 5.98. The first-order valence-electron chi connectivity index (χ1n) is 9.88. The predicted octanol–water partition coefficient (Wildman–Crippen LogP) is 5.56. The minimum absolute atomic E-state index is 0.00967. The van der Waals surface area contributed by atoms with Crippen LogP contribution >= 0.6 is 0 Å². The smallest absolute Gasteiger partial charge is 0.311 e. The van der Waals surface area contributed by atoms with Gasteiger partial charge in [0.15, 0.2) is 5.78 Å². The highest BCUT2D eigenvalue weighted by atomic mass is 16.5. The number of carbonyl (C=O) groups is 2. The normalized spacial score (nSPS) is 10.5. The number of esters is 1. The van der Waals surface area contributed by atoms with Gasteiger partial charge in [0.1, 0.15) is 5.75 Å². The Balaban J connectivity index is 2.56. The van der Waals surface area contributed by atoms with Crippen LogP contribution in [0, 0.1) is 0 Å². The van der Waals surface area contributed by atoms with Crippen molar-refractivity contribution in [2.45, 2.75) is 84.5 Å². The molecule has 0 atom stereocenters. The average molecular weight is 359 g/mol. The number of ketones is 1. The van der Waals surface area contributed by atoms with Crippen molar-refractivity contribution in [2.75, 3.05) is 0 Å². The molecule has 1 rings (SSSR count). The van der Waals surface area contributed by atoms with Gasteiger partial charge in [0.05, 0.1) is 5.56 Å². The molecule has 0 spiro atoms. The van der Waals surface area contributed by atoms with Crippen molar-refractivity contribution < 1.29 is 19.1 Å². The summed E-state index contributed by atoms with van der Waals surface area (Å²) in [6.45, 7) is 4.26. The van der Waals surface area contributed by atoms with E-state index in [1.165, 1.54) is 25.0 Å². The monoisotopic (exact) mass is 359 g/mol. The van der Waals surface area contributed by atoms with E-state index >= 15 is 0 Å². The van der Waals surface area contributed by atoms with Crippen molar-refractivity contribution in [1.29, 1.82) is 0 Å². The molecular weight excluding hydrogens is 328 g/mol. The zero-order chi connectivity index (χ0) is 19.2. The van der Waals surface area contributed by atoms with Crippen molar-refractivity contribution in [3.05, 3.63) is 29.3 Å². The van der Waals surface area contributed by atoms with Gasteiger partial charge < -0.3 is 4.74 Å². The summed E-state index contributed by atoms with van der Waals surface area (Å²) in [5, 5.41) is 0. The predicted molar refractivity (Wildman–Crippen MR) is 103 cm³/mol. The third-order valence-electron chi connectivity index (χ3n) is 4.38. The molecule has 0 aliphatic rings. The van der Waals surface area contributed by atoms with Gasteiger partial charge in [-0.15, -0.1) is 0 Å². The first kappa shape index (κ1) is 22.1. The summed E-state index contributed by atoms with van der Waals surface area (Å²) < 4.78 is 5.26. The molecular formula is C22H31O4. The molecule has 1 radical (unpaired) electrons. The summed E-state index contributed by atoms with van der Waals surface area (Å²) in [6.07, 6.45) is 11.9. The fourth-order valence-electron chi connectivity index (χ4n) is 2.78. The van der Waals surface area contributed by atoms with Crippen LogP contribution in [0.4, 0.5) is 0 Å². The van der Waals surface area contributed by atoms with E-state index in [0.717, 1.165) is 44.9 Å². The van der Waals surface area contributed by atoms with Crippen LogP contribution in [0.5, 0.6) is 5.75 Å². The number of benzene rings is 1. The lowest BCUT2D eigenvalue weighted by molar-refractivity contribution is -0.134. The van der Waals surface area contributed by atoms with E-state index in [2.05, 4.69) is 13.8 Å². The SMILES string of the molecule is CCCCCCCC(=O)c1ccc(OC(=O)CCCCCC)c([C]=O)c1. The lowest BCUT2D eigenvalue weighted by Crippen LogP contribution is -2.10. The van der Waals surface area contributed by atoms with Crippen molar-refractivity contribution in [3.8, 4) is 5.75 Å². The Labute approximate surface area is 157 Å². The largest absolute Gasteiger partial charge is 0.426 e. The van der Waals surface area contributed by atoms with Crippen LogP contribution in [0.25, 0.3) is 0 Å². The Hall–Kier alpha value is -1.97. The number of Topliss-reactive ketones (excluding diaryl/α,β-unsaturated/α-hetero) is 1. The van der Waals surface area contributed by atoms with Gasteiger partial charge in [-0.1, -0.05) is 58.8 Å². The minimum atomic E-state index is -0.354. The lowest BCUT2D eigenvalue weighted by Gasteiger charge is -2.08. The molecule has 4 heteroatoms. The summed E-state index contributed by atoms with van der Waals surface area (Å²) >= 11 is 0. The summed E-state index contributed by atoms with van der Waals surface area (Å²) in [7, 11) is 0. The summed E-state index contributed by atoms with van der Waals surface area (Å²) in [6, 6.07) is 4.62. The molecule has 0 aliphatic heterocycles. The topological polar surface area (TPSA) is 60.4 Å². The van der Waals surface area contributed by atoms with E-state index in [1.807, 2.05) is 0 Å². The number of ether oxygens (including phenoxy) is 1. The standard InChI is InChI=1S/C22H31O4/c1-3-5-7-9-10-12-20(24)18-14-15-21(19(16-18)17-23)26-22(25)13-11-8-6-4-2/h14-16H,3-13H2,1-2H3. The van der Waals surface area contributed by atoms with E-state index in [0.29, 0.717) is 18.4 Å². The van der Waals surface area contributed by atoms with Gasteiger partial charge in [-0.2, -0.15) is 0 Å². The number of hydrogen-bond acceptors (Lipinski definition) is 4. The van der Waals surface area contributed by atoms with E-state index in [1.54, 1.807) is 12.4 Å². The van der Waals surface area contributed by atoms with E-state index < -0.39 is 0 Å². The first-order chi connectivity index (χ1) is 12.6. The molecule has 0 unspecified atom stereocenters. The Kier molecular flexibility index (Phi) is 11.3. The maximum Gasteiger partial charge on any atom is 0.311 e. The number of unbranched alkanes of at least 4 members (excludes halogenated alkanes) is 7. The second kappa shape index (κ2) is 13.3. The molecule has 0 aliphatic carbocycles. The van der Waals surface area contributed by atoms with Gasteiger partial charge >= 0.3 is 5.97 Å². The Morgan fingerprint density at radius 1 is 0.885 bits per heavy atom. The Morgan fingerprint density at radius 3 is 2.15 bits per heavy atom. The van der Waals surface area contributed by atoms with Crippen LogP contribution < -0.4 is 4.74 Å². The highest BCUT2D eigenvalue weighted by Crippen LogP contribution is 2.21. The van der Waals surface area contributed by atoms with E-state index in [4.69, 9.17) is 4.74 Å². The van der Waals surface area contributed by atoms with Crippen molar-refractivity contribution in [3.63, 3.8) is 0 Å². The van der Waals surface area contributed by atoms with E-state index in [-0.39, 0.29) is 23.1 Å². The zero-order valence-electron chi connectivity index (χ0n) is 16.1. The quantitative estimate of drug-likeness (QED) is 0.189. The molecule has 4 nitrogen and oxygen atoms in total. The second-order valence-corrected chi connectivity index (χ2v) is 6.69. The second-order valence-electron chi connectivity index (χ2n) is 6.69. The van der Waals surface area contributed by atoms with Crippen LogP contribution in [0.1, 0.15) is 100 Å². The summed E-state index contributed by atoms with van der Waals surface area (Å²) in [5.74, 6) is -0.164. The molecule has 0 N–H and O–H groups in total. The molecule has 0 saturated carbocycles. The molecule has 0 amide bonds.